The molecule has 0 atom stereocenters. The third-order valence-corrected chi connectivity index (χ3v) is 4.48. The highest BCUT2D eigenvalue weighted by Gasteiger charge is 2.18. The average molecular weight is 320 g/mol. The highest BCUT2D eigenvalue weighted by atomic mass is 16.4. The summed E-state index contributed by atoms with van der Waals surface area (Å²) in [5, 5.41) is 12.3. The van der Waals surface area contributed by atoms with Crippen molar-refractivity contribution in [3.63, 3.8) is 0 Å². The van der Waals surface area contributed by atoms with Crippen molar-refractivity contribution >= 4 is 23.2 Å². The number of rotatable bonds is 4. The summed E-state index contributed by atoms with van der Waals surface area (Å²) in [5.74, 6) is -1.34. The zero-order valence-corrected chi connectivity index (χ0v) is 13.9. The number of aromatic carboxylic acids is 1. The van der Waals surface area contributed by atoms with Gasteiger partial charge in [-0.1, -0.05) is 35.9 Å². The lowest BCUT2D eigenvalue weighted by Gasteiger charge is -2.16. The SMILES string of the molecule is Cc1cc(C)c(Cn2c(C(=O)[O-])c(C=O)c3ccccc32)c(C)c1. The molecule has 1 aromatic heterocycles. The van der Waals surface area contributed by atoms with Gasteiger partial charge < -0.3 is 14.5 Å². The Morgan fingerprint density at radius 3 is 2.33 bits per heavy atom. The molecule has 1 heterocycles. The molecule has 0 bridgehead atoms. The summed E-state index contributed by atoms with van der Waals surface area (Å²) >= 11 is 0. The molecule has 0 aliphatic carbocycles. The molecule has 0 saturated carbocycles. The molecule has 0 saturated heterocycles. The molecule has 4 nitrogen and oxygen atoms in total. The fraction of sp³-hybridized carbons (Fsp3) is 0.200. The van der Waals surface area contributed by atoms with Crippen molar-refractivity contribution in [2.75, 3.05) is 0 Å². The molecule has 0 amide bonds. The van der Waals surface area contributed by atoms with Gasteiger partial charge in [-0.15, -0.1) is 0 Å². The van der Waals surface area contributed by atoms with E-state index in [4.69, 9.17) is 0 Å². The van der Waals surface area contributed by atoms with Gasteiger partial charge in [-0.25, -0.2) is 0 Å². The molecular weight excluding hydrogens is 302 g/mol. The van der Waals surface area contributed by atoms with E-state index < -0.39 is 5.97 Å². The number of carboxylic acids is 1. The molecule has 0 spiro atoms. The first-order valence-corrected chi connectivity index (χ1v) is 7.78. The minimum atomic E-state index is -1.34. The number of aldehydes is 1. The van der Waals surface area contributed by atoms with Crippen molar-refractivity contribution in [3.05, 3.63) is 69.9 Å². The molecule has 0 unspecified atom stereocenters. The standard InChI is InChI=1S/C20H19NO3/c1-12-8-13(2)16(14(3)9-12)10-21-18-7-5-4-6-15(18)17(11-22)19(21)20(23)24/h4-9,11H,10H2,1-3H3,(H,23,24)/p-1. The van der Waals surface area contributed by atoms with Crippen LogP contribution in [0.25, 0.3) is 10.9 Å². The number of hydrogen-bond acceptors (Lipinski definition) is 3. The van der Waals surface area contributed by atoms with Gasteiger partial charge in [0.15, 0.2) is 6.29 Å². The first-order chi connectivity index (χ1) is 11.4. The summed E-state index contributed by atoms with van der Waals surface area (Å²) in [7, 11) is 0. The number of hydrogen-bond donors (Lipinski definition) is 0. The lowest BCUT2D eigenvalue weighted by Crippen LogP contribution is -2.27. The summed E-state index contributed by atoms with van der Waals surface area (Å²) in [6.07, 6.45) is 0.596. The summed E-state index contributed by atoms with van der Waals surface area (Å²) in [6, 6.07) is 11.4. The Labute approximate surface area is 140 Å². The predicted octanol–water partition coefficient (Wildman–Crippen LogP) is 2.79. The topological polar surface area (TPSA) is 62.1 Å². The van der Waals surface area contributed by atoms with E-state index in [-0.39, 0.29) is 11.3 Å². The second-order valence-electron chi connectivity index (χ2n) is 6.15. The van der Waals surface area contributed by atoms with Crippen molar-refractivity contribution in [1.29, 1.82) is 0 Å². The number of aryl methyl sites for hydroxylation is 3. The van der Waals surface area contributed by atoms with E-state index in [2.05, 4.69) is 12.1 Å². The van der Waals surface area contributed by atoms with Crippen LogP contribution in [0.5, 0.6) is 0 Å². The zero-order valence-electron chi connectivity index (χ0n) is 13.9. The Balaban J connectivity index is 2.29. The minimum absolute atomic E-state index is 0.0643. The van der Waals surface area contributed by atoms with E-state index in [9.17, 15) is 14.7 Å². The summed E-state index contributed by atoms with van der Waals surface area (Å²) in [4.78, 5) is 23.2. The maximum Gasteiger partial charge on any atom is 0.152 e. The number of nitrogens with zero attached hydrogens (tertiary/aromatic N) is 1. The minimum Gasteiger partial charge on any atom is -0.543 e. The first kappa shape index (κ1) is 16.0. The van der Waals surface area contributed by atoms with Crippen LogP contribution in [-0.2, 0) is 6.54 Å². The van der Waals surface area contributed by atoms with Crippen LogP contribution in [-0.4, -0.2) is 16.8 Å². The molecule has 0 fully saturated rings. The van der Waals surface area contributed by atoms with E-state index in [0.717, 1.165) is 22.2 Å². The number of para-hydroxylation sites is 1. The monoisotopic (exact) mass is 320 g/mol. The molecule has 122 valence electrons. The maximum absolute atomic E-state index is 11.7. The van der Waals surface area contributed by atoms with Crippen LogP contribution in [0.2, 0.25) is 0 Å². The highest BCUT2D eigenvalue weighted by molar-refractivity contribution is 6.07. The van der Waals surface area contributed by atoms with Crippen LogP contribution in [0.3, 0.4) is 0 Å². The number of carbonyl (C=O) groups excluding carboxylic acids is 2. The van der Waals surface area contributed by atoms with Crippen molar-refractivity contribution in [3.8, 4) is 0 Å². The van der Waals surface area contributed by atoms with Gasteiger partial charge in [-0.3, -0.25) is 4.79 Å². The van der Waals surface area contributed by atoms with E-state index >= 15 is 0 Å². The molecule has 2 aromatic carbocycles. The quantitative estimate of drug-likeness (QED) is 0.694. The van der Waals surface area contributed by atoms with Crippen LogP contribution < -0.4 is 5.11 Å². The second kappa shape index (κ2) is 5.96. The Morgan fingerprint density at radius 2 is 1.75 bits per heavy atom. The number of benzene rings is 2. The smallest absolute Gasteiger partial charge is 0.152 e. The van der Waals surface area contributed by atoms with Crippen LogP contribution >= 0.6 is 0 Å². The van der Waals surface area contributed by atoms with Crippen molar-refractivity contribution in [2.45, 2.75) is 27.3 Å². The fourth-order valence-electron chi connectivity index (χ4n) is 3.45. The summed E-state index contributed by atoms with van der Waals surface area (Å²) < 4.78 is 1.67. The van der Waals surface area contributed by atoms with Crippen molar-refractivity contribution in [1.82, 2.24) is 4.57 Å². The Hall–Kier alpha value is -2.88. The highest BCUT2D eigenvalue weighted by Crippen LogP contribution is 2.27. The van der Waals surface area contributed by atoms with Crippen molar-refractivity contribution < 1.29 is 14.7 Å². The Morgan fingerprint density at radius 1 is 1.12 bits per heavy atom. The van der Waals surface area contributed by atoms with Crippen molar-refractivity contribution in [2.24, 2.45) is 0 Å². The third-order valence-electron chi connectivity index (χ3n) is 4.48. The van der Waals surface area contributed by atoms with Gasteiger partial charge in [0, 0.05) is 23.0 Å². The summed E-state index contributed by atoms with van der Waals surface area (Å²) in [5.41, 5.74) is 5.25. The Kier molecular flexibility index (Phi) is 3.97. The largest absolute Gasteiger partial charge is 0.543 e. The van der Waals surface area contributed by atoms with Gasteiger partial charge in [0.2, 0.25) is 0 Å². The van der Waals surface area contributed by atoms with Crippen LogP contribution in [0, 0.1) is 20.8 Å². The Bertz CT molecular complexity index is 943. The molecule has 3 rings (SSSR count). The number of carbonyl (C=O) groups is 2. The summed E-state index contributed by atoms with van der Waals surface area (Å²) in [6.45, 7) is 6.45. The van der Waals surface area contributed by atoms with E-state index in [0.29, 0.717) is 18.2 Å². The second-order valence-corrected chi connectivity index (χ2v) is 6.15. The molecule has 0 aliphatic rings. The van der Waals surface area contributed by atoms with Gasteiger partial charge in [-0.05, 0) is 43.5 Å². The van der Waals surface area contributed by atoms with Gasteiger partial charge >= 0.3 is 0 Å². The average Bonchev–Trinajstić information content (AvgIpc) is 2.84. The molecule has 24 heavy (non-hydrogen) atoms. The zero-order chi connectivity index (χ0) is 17.4. The molecule has 0 aliphatic heterocycles. The van der Waals surface area contributed by atoms with Gasteiger partial charge in [0.1, 0.15) is 0 Å². The number of fused-ring (bicyclic) bond motifs is 1. The molecule has 0 N–H and O–H groups in total. The lowest BCUT2D eigenvalue weighted by atomic mass is 9.99. The lowest BCUT2D eigenvalue weighted by molar-refractivity contribution is -0.255. The van der Waals surface area contributed by atoms with Gasteiger partial charge in [0.05, 0.1) is 11.7 Å². The van der Waals surface area contributed by atoms with E-state index in [1.54, 1.807) is 16.7 Å². The third kappa shape index (κ3) is 2.50. The van der Waals surface area contributed by atoms with E-state index in [1.807, 2.05) is 32.9 Å². The maximum atomic E-state index is 11.7. The first-order valence-electron chi connectivity index (χ1n) is 7.78. The number of aromatic nitrogens is 1. The van der Waals surface area contributed by atoms with E-state index in [1.165, 1.54) is 5.56 Å². The van der Waals surface area contributed by atoms with Gasteiger partial charge in [-0.2, -0.15) is 0 Å². The molecule has 4 heteroatoms. The van der Waals surface area contributed by atoms with Gasteiger partial charge in [0.25, 0.3) is 0 Å². The van der Waals surface area contributed by atoms with Crippen LogP contribution in [0.4, 0.5) is 0 Å². The molecular formula is C20H18NO3-. The predicted molar refractivity (Wildman–Crippen MR) is 91.4 cm³/mol. The number of carboxylic acid groups (broad SMARTS) is 1. The molecule has 3 aromatic rings. The van der Waals surface area contributed by atoms with Crippen LogP contribution in [0.1, 0.15) is 43.1 Å². The normalized spacial score (nSPS) is 11.0. The van der Waals surface area contributed by atoms with Crippen LogP contribution in [0.15, 0.2) is 36.4 Å². The molecule has 0 radical (unpaired) electrons. The fourth-order valence-corrected chi connectivity index (χ4v) is 3.45.